The van der Waals surface area contributed by atoms with Crippen molar-refractivity contribution in [2.24, 2.45) is 0 Å². The predicted octanol–water partition coefficient (Wildman–Crippen LogP) is 0.814. The summed E-state index contributed by atoms with van der Waals surface area (Å²) in [6, 6.07) is 3.37. The van der Waals surface area contributed by atoms with E-state index in [0.717, 1.165) is 0 Å². The highest BCUT2D eigenvalue weighted by atomic mass is 16.5. The highest BCUT2D eigenvalue weighted by Gasteiger charge is 2.13. The number of hydrogen-bond acceptors (Lipinski definition) is 4. The summed E-state index contributed by atoms with van der Waals surface area (Å²) in [5, 5.41) is 9.36. The summed E-state index contributed by atoms with van der Waals surface area (Å²) < 4.78 is 5.21. The molecule has 0 aliphatic carbocycles. The van der Waals surface area contributed by atoms with Crippen LogP contribution in [0.15, 0.2) is 18.3 Å². The van der Waals surface area contributed by atoms with Gasteiger partial charge in [0.1, 0.15) is 6.61 Å². The number of nitrogen functional groups attached to an aromatic ring is 1. The van der Waals surface area contributed by atoms with Crippen molar-refractivity contribution in [2.75, 3.05) is 12.3 Å². The van der Waals surface area contributed by atoms with Gasteiger partial charge in [0.05, 0.1) is 17.5 Å². The van der Waals surface area contributed by atoms with E-state index in [-0.39, 0.29) is 6.61 Å². The third-order valence-electron chi connectivity index (χ3n) is 1.33. The molecule has 13 heavy (non-hydrogen) atoms. The van der Waals surface area contributed by atoms with Crippen molar-refractivity contribution in [3.05, 3.63) is 18.3 Å². The minimum Gasteiger partial charge on any atom is -0.475 e. The number of ether oxygens (including phenoxy) is 1. The summed E-state index contributed by atoms with van der Waals surface area (Å²) in [5.41, 5.74) is 5.19. The minimum absolute atomic E-state index is 0.212. The maximum absolute atomic E-state index is 9.36. The van der Waals surface area contributed by atoms with Gasteiger partial charge >= 0.3 is 0 Å². The van der Waals surface area contributed by atoms with Gasteiger partial charge in [0.25, 0.3) is 0 Å². The summed E-state index contributed by atoms with van der Waals surface area (Å²) in [7, 11) is 0. The standard InChI is InChI=1S/C9H14N2O2/c1-9(2,12)6-13-8-4-3-7(10)5-11-8/h3-5,12H,6,10H2,1-2H3. The van der Waals surface area contributed by atoms with E-state index in [1.54, 1.807) is 26.0 Å². The number of anilines is 1. The molecule has 3 N–H and O–H groups in total. The Hall–Kier alpha value is -1.29. The number of aliphatic hydroxyl groups is 1. The molecule has 0 aromatic carbocycles. The first-order chi connectivity index (χ1) is 5.97. The van der Waals surface area contributed by atoms with Crippen molar-refractivity contribution < 1.29 is 9.84 Å². The topological polar surface area (TPSA) is 68.4 Å². The Labute approximate surface area is 77.4 Å². The summed E-state index contributed by atoms with van der Waals surface area (Å²) in [6.07, 6.45) is 1.51. The highest BCUT2D eigenvalue weighted by molar-refractivity contribution is 5.35. The smallest absolute Gasteiger partial charge is 0.213 e. The molecule has 0 saturated heterocycles. The fraction of sp³-hybridized carbons (Fsp3) is 0.444. The molecule has 4 heteroatoms. The molecule has 1 aromatic heterocycles. The normalized spacial score (nSPS) is 11.3. The first kappa shape index (κ1) is 9.80. The average Bonchev–Trinajstić information content (AvgIpc) is 2.02. The lowest BCUT2D eigenvalue weighted by atomic mass is 10.2. The number of nitrogens with two attached hydrogens (primary N) is 1. The first-order valence-corrected chi connectivity index (χ1v) is 4.04. The van der Waals surface area contributed by atoms with Gasteiger partial charge in [-0.2, -0.15) is 0 Å². The lowest BCUT2D eigenvalue weighted by Gasteiger charge is -2.16. The Kier molecular flexibility index (Phi) is 2.72. The van der Waals surface area contributed by atoms with E-state index in [1.165, 1.54) is 6.20 Å². The number of aromatic nitrogens is 1. The highest BCUT2D eigenvalue weighted by Crippen LogP contribution is 2.10. The molecule has 0 spiro atoms. The number of hydrogen-bond donors (Lipinski definition) is 2. The van der Waals surface area contributed by atoms with Crippen LogP contribution in [0.1, 0.15) is 13.8 Å². The van der Waals surface area contributed by atoms with Gasteiger partial charge in [0.15, 0.2) is 0 Å². The molecule has 0 radical (unpaired) electrons. The Morgan fingerprint density at radius 3 is 2.69 bits per heavy atom. The zero-order valence-electron chi connectivity index (χ0n) is 7.82. The van der Waals surface area contributed by atoms with E-state index in [4.69, 9.17) is 10.5 Å². The van der Waals surface area contributed by atoms with E-state index < -0.39 is 5.60 Å². The van der Waals surface area contributed by atoms with Gasteiger partial charge in [-0.15, -0.1) is 0 Å². The second-order valence-electron chi connectivity index (χ2n) is 3.53. The number of rotatable bonds is 3. The molecule has 0 bridgehead atoms. The molecule has 4 nitrogen and oxygen atoms in total. The third-order valence-corrected chi connectivity index (χ3v) is 1.33. The van der Waals surface area contributed by atoms with Crippen molar-refractivity contribution in [1.29, 1.82) is 0 Å². The van der Waals surface area contributed by atoms with Crippen molar-refractivity contribution >= 4 is 5.69 Å². The van der Waals surface area contributed by atoms with E-state index >= 15 is 0 Å². The largest absolute Gasteiger partial charge is 0.475 e. The van der Waals surface area contributed by atoms with Crippen LogP contribution in [0.4, 0.5) is 5.69 Å². The van der Waals surface area contributed by atoms with E-state index in [0.29, 0.717) is 11.6 Å². The van der Waals surface area contributed by atoms with Gasteiger partial charge in [-0.1, -0.05) is 0 Å². The van der Waals surface area contributed by atoms with Crippen LogP contribution in [-0.4, -0.2) is 22.3 Å². The van der Waals surface area contributed by atoms with Crippen molar-refractivity contribution in [2.45, 2.75) is 19.4 Å². The fourth-order valence-electron chi connectivity index (χ4n) is 0.728. The average molecular weight is 182 g/mol. The molecular formula is C9H14N2O2. The lowest BCUT2D eigenvalue weighted by molar-refractivity contribution is 0.0268. The molecule has 1 rings (SSSR count). The monoisotopic (exact) mass is 182 g/mol. The van der Waals surface area contributed by atoms with Crippen molar-refractivity contribution in [3.8, 4) is 5.88 Å². The number of pyridine rings is 1. The van der Waals surface area contributed by atoms with Gasteiger partial charge in [0.2, 0.25) is 5.88 Å². The lowest BCUT2D eigenvalue weighted by Crippen LogP contribution is -2.28. The van der Waals surface area contributed by atoms with E-state index in [1.807, 2.05) is 0 Å². The summed E-state index contributed by atoms with van der Waals surface area (Å²) >= 11 is 0. The Bertz CT molecular complexity index is 264. The van der Waals surface area contributed by atoms with Crippen LogP contribution >= 0.6 is 0 Å². The summed E-state index contributed by atoms with van der Waals surface area (Å²) in [4.78, 5) is 3.92. The molecule has 0 unspecified atom stereocenters. The van der Waals surface area contributed by atoms with Gasteiger partial charge in [0, 0.05) is 6.07 Å². The SMILES string of the molecule is CC(C)(O)COc1ccc(N)cn1. The van der Waals surface area contributed by atoms with Gasteiger partial charge in [-0.3, -0.25) is 0 Å². The molecular weight excluding hydrogens is 168 g/mol. The molecule has 0 atom stereocenters. The van der Waals surface area contributed by atoms with Crippen LogP contribution in [0.25, 0.3) is 0 Å². The van der Waals surface area contributed by atoms with Gasteiger partial charge in [-0.25, -0.2) is 4.98 Å². The fourth-order valence-corrected chi connectivity index (χ4v) is 0.728. The third kappa shape index (κ3) is 3.75. The second-order valence-corrected chi connectivity index (χ2v) is 3.53. The molecule has 0 aliphatic rings. The van der Waals surface area contributed by atoms with Gasteiger partial charge in [-0.05, 0) is 19.9 Å². The van der Waals surface area contributed by atoms with E-state index in [2.05, 4.69) is 4.98 Å². The molecule has 0 aliphatic heterocycles. The van der Waals surface area contributed by atoms with Crippen molar-refractivity contribution in [3.63, 3.8) is 0 Å². The van der Waals surface area contributed by atoms with E-state index in [9.17, 15) is 5.11 Å². The zero-order valence-corrected chi connectivity index (χ0v) is 7.82. The number of nitrogens with zero attached hydrogens (tertiary/aromatic N) is 1. The van der Waals surface area contributed by atoms with Gasteiger partial charge < -0.3 is 15.6 Å². The predicted molar refractivity (Wildman–Crippen MR) is 50.4 cm³/mol. The summed E-state index contributed by atoms with van der Waals surface area (Å²) in [6.45, 7) is 3.55. The quantitative estimate of drug-likeness (QED) is 0.726. The molecule has 72 valence electrons. The molecule has 0 saturated carbocycles. The zero-order chi connectivity index (χ0) is 9.90. The van der Waals surface area contributed by atoms with Crippen LogP contribution in [0.5, 0.6) is 5.88 Å². The Morgan fingerprint density at radius 2 is 2.23 bits per heavy atom. The van der Waals surface area contributed by atoms with Crippen LogP contribution in [-0.2, 0) is 0 Å². The Balaban J connectivity index is 2.51. The van der Waals surface area contributed by atoms with Crippen LogP contribution < -0.4 is 10.5 Å². The second kappa shape index (κ2) is 3.62. The molecule has 1 aromatic rings. The van der Waals surface area contributed by atoms with Crippen LogP contribution in [0.2, 0.25) is 0 Å². The van der Waals surface area contributed by atoms with Crippen LogP contribution in [0, 0.1) is 0 Å². The molecule has 1 heterocycles. The maximum Gasteiger partial charge on any atom is 0.213 e. The maximum atomic E-state index is 9.36. The molecule has 0 amide bonds. The molecule has 0 fully saturated rings. The van der Waals surface area contributed by atoms with Crippen molar-refractivity contribution in [1.82, 2.24) is 4.98 Å². The first-order valence-electron chi connectivity index (χ1n) is 4.04. The Morgan fingerprint density at radius 1 is 1.54 bits per heavy atom. The minimum atomic E-state index is -0.844. The van der Waals surface area contributed by atoms with Crippen LogP contribution in [0.3, 0.4) is 0 Å². The summed E-state index contributed by atoms with van der Waals surface area (Å²) in [5.74, 6) is 0.469.